The van der Waals surface area contributed by atoms with Crippen LogP contribution in [0.25, 0.3) is 22.8 Å². The Morgan fingerprint density at radius 1 is 0.617 bits per heavy atom. The van der Waals surface area contributed by atoms with Crippen molar-refractivity contribution >= 4 is 34.7 Å². The van der Waals surface area contributed by atoms with Gasteiger partial charge in [0, 0.05) is 28.6 Å². The van der Waals surface area contributed by atoms with Crippen LogP contribution >= 0.6 is 0 Å². The second-order valence-electron chi connectivity index (χ2n) is 12.2. The van der Waals surface area contributed by atoms with Gasteiger partial charge in [-0.2, -0.15) is 0 Å². The van der Waals surface area contributed by atoms with E-state index in [-0.39, 0.29) is 5.41 Å². The van der Waals surface area contributed by atoms with E-state index < -0.39 is 5.97 Å². The van der Waals surface area contributed by atoms with Gasteiger partial charge in [-0.15, -0.1) is 0 Å². The van der Waals surface area contributed by atoms with Gasteiger partial charge in [-0.05, 0) is 99.1 Å². The highest BCUT2D eigenvalue weighted by atomic mass is 16.5. The quantitative estimate of drug-likeness (QED) is 0.0744. The van der Waals surface area contributed by atoms with E-state index in [9.17, 15) is 4.79 Å². The number of carbonyl (C=O) groups is 1. The molecule has 1 aliphatic rings. The van der Waals surface area contributed by atoms with Crippen molar-refractivity contribution in [2.45, 2.75) is 19.3 Å². The zero-order valence-corrected chi connectivity index (χ0v) is 26.6. The molecule has 0 amide bonds. The number of nitrogens with zero attached hydrogens (tertiary/aromatic N) is 1. The highest BCUT2D eigenvalue weighted by Gasteiger charge is 2.35. The van der Waals surface area contributed by atoms with E-state index >= 15 is 0 Å². The Morgan fingerprint density at radius 3 is 1.89 bits per heavy atom. The number of carbonyl (C=O) groups excluding carboxylic acids is 1. The molecule has 0 aromatic heterocycles. The predicted octanol–water partition coefficient (Wildman–Crippen LogP) is 11.1. The van der Waals surface area contributed by atoms with E-state index in [4.69, 9.17) is 4.74 Å². The third-order valence-corrected chi connectivity index (χ3v) is 8.94. The van der Waals surface area contributed by atoms with Crippen LogP contribution in [0.1, 0.15) is 41.7 Å². The molecule has 47 heavy (non-hydrogen) atoms. The van der Waals surface area contributed by atoms with E-state index in [0.29, 0.717) is 5.75 Å². The van der Waals surface area contributed by atoms with Gasteiger partial charge in [0.05, 0.1) is 0 Å². The average molecular weight is 610 g/mol. The highest BCUT2D eigenvalue weighted by molar-refractivity contribution is 5.92. The molecule has 6 aromatic carbocycles. The van der Waals surface area contributed by atoms with Crippen molar-refractivity contribution in [3.63, 3.8) is 0 Å². The van der Waals surface area contributed by atoms with Gasteiger partial charge in [-0.1, -0.05) is 124 Å². The number of para-hydroxylation sites is 1. The molecule has 1 aliphatic carbocycles. The second-order valence-corrected chi connectivity index (χ2v) is 12.2. The summed E-state index contributed by atoms with van der Waals surface area (Å²) in [7, 11) is 0. The van der Waals surface area contributed by atoms with Crippen LogP contribution in [0.15, 0.2) is 164 Å². The molecule has 228 valence electrons. The largest absolute Gasteiger partial charge is 0.423 e. The van der Waals surface area contributed by atoms with E-state index in [0.717, 1.165) is 45.4 Å². The first kappa shape index (κ1) is 29.8. The number of fused-ring (bicyclic) bond motifs is 3. The van der Waals surface area contributed by atoms with E-state index in [1.54, 1.807) is 0 Å². The Labute approximate surface area is 276 Å². The maximum atomic E-state index is 11.7. The van der Waals surface area contributed by atoms with Crippen molar-refractivity contribution in [1.82, 2.24) is 0 Å². The van der Waals surface area contributed by atoms with Crippen LogP contribution in [-0.4, -0.2) is 5.97 Å². The Bertz CT molecular complexity index is 2090. The van der Waals surface area contributed by atoms with Crippen LogP contribution in [-0.2, 0) is 10.2 Å². The summed E-state index contributed by atoms with van der Waals surface area (Å²) in [5.41, 5.74) is 12.8. The molecule has 0 bridgehead atoms. The molecule has 0 radical (unpaired) electrons. The molecular formula is C44H35NO2. The molecule has 3 heteroatoms. The summed E-state index contributed by atoms with van der Waals surface area (Å²) in [6.07, 6.45) is 3.36. The van der Waals surface area contributed by atoms with E-state index in [2.05, 4.69) is 141 Å². The summed E-state index contributed by atoms with van der Waals surface area (Å²) in [4.78, 5) is 14.0. The van der Waals surface area contributed by atoms with Crippen LogP contribution in [0, 0.1) is 0 Å². The average Bonchev–Trinajstić information content (AvgIpc) is 3.35. The Morgan fingerprint density at radius 2 is 1.19 bits per heavy atom. The van der Waals surface area contributed by atoms with Crippen LogP contribution in [0.5, 0.6) is 5.75 Å². The SMILES string of the molecule is C=CC(=O)Oc1ccc(C(=Cc2ccc(N(c3ccccc3)c3ccc4c(c3)C(C)(C)c3ccccc3-4)cc2)c2ccccc2)cc1. The molecule has 0 atom stereocenters. The van der Waals surface area contributed by atoms with Gasteiger partial charge < -0.3 is 9.64 Å². The fourth-order valence-corrected chi connectivity index (χ4v) is 6.55. The normalized spacial score (nSPS) is 12.9. The molecule has 3 nitrogen and oxygen atoms in total. The van der Waals surface area contributed by atoms with Crippen molar-refractivity contribution < 1.29 is 9.53 Å². The van der Waals surface area contributed by atoms with Gasteiger partial charge in [-0.25, -0.2) is 4.79 Å². The molecule has 0 spiro atoms. The van der Waals surface area contributed by atoms with Crippen LogP contribution < -0.4 is 9.64 Å². The first-order valence-electron chi connectivity index (χ1n) is 15.8. The molecule has 0 fully saturated rings. The second kappa shape index (κ2) is 12.5. The summed E-state index contributed by atoms with van der Waals surface area (Å²) >= 11 is 0. The highest BCUT2D eigenvalue weighted by Crippen LogP contribution is 2.50. The molecule has 0 heterocycles. The van der Waals surface area contributed by atoms with E-state index in [1.807, 2.05) is 42.5 Å². The lowest BCUT2D eigenvalue weighted by atomic mass is 9.82. The van der Waals surface area contributed by atoms with Crippen molar-refractivity contribution in [2.24, 2.45) is 0 Å². The van der Waals surface area contributed by atoms with Gasteiger partial charge in [0.1, 0.15) is 5.75 Å². The molecule has 7 rings (SSSR count). The smallest absolute Gasteiger partial charge is 0.335 e. The Hall–Kier alpha value is -5.93. The fraction of sp³-hybridized carbons (Fsp3) is 0.0682. The number of ether oxygens (including phenoxy) is 1. The number of rotatable bonds is 8. The lowest BCUT2D eigenvalue weighted by Crippen LogP contribution is -2.16. The number of anilines is 3. The Kier molecular flexibility index (Phi) is 7.89. The minimum Gasteiger partial charge on any atom is -0.423 e. The van der Waals surface area contributed by atoms with Gasteiger partial charge in [0.15, 0.2) is 0 Å². The summed E-state index contributed by atoms with van der Waals surface area (Å²) < 4.78 is 5.30. The third kappa shape index (κ3) is 5.80. The number of hydrogen-bond acceptors (Lipinski definition) is 3. The topological polar surface area (TPSA) is 29.5 Å². The maximum absolute atomic E-state index is 11.7. The summed E-state index contributed by atoms with van der Waals surface area (Å²) in [5, 5.41) is 0. The molecule has 0 N–H and O–H groups in total. The first-order chi connectivity index (χ1) is 22.9. The first-order valence-corrected chi connectivity index (χ1v) is 15.8. The molecular weight excluding hydrogens is 574 g/mol. The van der Waals surface area contributed by atoms with Gasteiger partial charge in [0.2, 0.25) is 0 Å². The van der Waals surface area contributed by atoms with Crippen molar-refractivity contribution in [3.8, 4) is 16.9 Å². The Balaban J connectivity index is 1.26. The van der Waals surface area contributed by atoms with Gasteiger partial charge in [0.25, 0.3) is 0 Å². The van der Waals surface area contributed by atoms with Crippen molar-refractivity contribution in [2.75, 3.05) is 4.90 Å². The van der Waals surface area contributed by atoms with Crippen molar-refractivity contribution in [1.29, 1.82) is 0 Å². The zero-order valence-electron chi connectivity index (χ0n) is 26.6. The number of hydrogen-bond donors (Lipinski definition) is 0. The lowest BCUT2D eigenvalue weighted by molar-refractivity contribution is -0.128. The summed E-state index contributed by atoms with van der Waals surface area (Å²) in [5.74, 6) is 0.00477. The maximum Gasteiger partial charge on any atom is 0.335 e. The van der Waals surface area contributed by atoms with Gasteiger partial charge in [-0.3, -0.25) is 0 Å². The number of esters is 1. The van der Waals surface area contributed by atoms with Gasteiger partial charge >= 0.3 is 5.97 Å². The minimum atomic E-state index is -0.477. The third-order valence-electron chi connectivity index (χ3n) is 8.94. The summed E-state index contributed by atoms with van der Waals surface area (Å²) in [6, 6.07) is 52.8. The monoisotopic (exact) mass is 609 g/mol. The molecule has 6 aromatic rings. The zero-order chi connectivity index (χ0) is 32.4. The van der Waals surface area contributed by atoms with Crippen molar-refractivity contribution in [3.05, 3.63) is 192 Å². The fourth-order valence-electron chi connectivity index (χ4n) is 6.55. The molecule has 0 unspecified atom stereocenters. The molecule has 0 aliphatic heterocycles. The predicted molar refractivity (Wildman–Crippen MR) is 194 cm³/mol. The lowest BCUT2D eigenvalue weighted by Gasteiger charge is -2.28. The van der Waals surface area contributed by atoms with Crippen LogP contribution in [0.2, 0.25) is 0 Å². The van der Waals surface area contributed by atoms with Crippen LogP contribution in [0.4, 0.5) is 17.1 Å². The minimum absolute atomic E-state index is 0.0850. The standard InChI is InChI=1S/C44H35NO2/c1-4-43(46)47-37-26-21-33(22-27-37)40(32-13-7-5-8-14-32)29-31-19-23-35(24-20-31)45(34-15-9-6-10-16-34)36-25-28-39-38-17-11-12-18-41(38)44(2,3)42(39)30-36/h4-30H,1H2,2-3H3. The summed E-state index contributed by atoms with van der Waals surface area (Å²) in [6.45, 7) is 8.12. The number of benzene rings is 6. The van der Waals surface area contributed by atoms with Crippen LogP contribution in [0.3, 0.4) is 0 Å². The van der Waals surface area contributed by atoms with E-state index in [1.165, 1.54) is 22.3 Å². The molecule has 0 saturated heterocycles. The molecule has 0 saturated carbocycles.